The Morgan fingerprint density at radius 1 is 1.03 bits per heavy atom. The topological polar surface area (TPSA) is 114 Å². The predicted octanol–water partition coefficient (Wildman–Crippen LogP) is 1.95. The molecule has 1 fully saturated rings. The minimum atomic E-state index is -0.152. The van der Waals surface area contributed by atoms with Crippen molar-refractivity contribution in [3.63, 3.8) is 0 Å². The summed E-state index contributed by atoms with van der Waals surface area (Å²) in [6.45, 7) is 3.32. The van der Waals surface area contributed by atoms with E-state index in [2.05, 4.69) is 25.1 Å². The van der Waals surface area contributed by atoms with E-state index in [1.807, 2.05) is 0 Å². The fraction of sp³-hybridized carbons (Fsp3) is 0.286. The molecule has 10 heteroatoms. The van der Waals surface area contributed by atoms with Gasteiger partial charge in [0.1, 0.15) is 12.1 Å². The average Bonchev–Trinajstić information content (AvgIpc) is 2.79. The summed E-state index contributed by atoms with van der Waals surface area (Å²) in [6.07, 6.45) is 1.50. The molecule has 0 atom stereocenters. The number of aromatic nitrogens is 2. The van der Waals surface area contributed by atoms with Gasteiger partial charge in [0.15, 0.2) is 28.1 Å². The Labute approximate surface area is 184 Å². The summed E-state index contributed by atoms with van der Waals surface area (Å²) >= 11 is 5.53. The molecule has 0 amide bonds. The van der Waals surface area contributed by atoms with Gasteiger partial charge in [-0.1, -0.05) is 6.07 Å². The molecular formula is C21H23N5O4S. The largest absolute Gasteiger partial charge is 0.504 e. The molecule has 31 heavy (non-hydrogen) atoms. The summed E-state index contributed by atoms with van der Waals surface area (Å²) in [5.74, 6) is 0.922. The molecule has 4 N–H and O–H groups in total. The van der Waals surface area contributed by atoms with E-state index in [4.69, 9.17) is 17.0 Å². The maximum Gasteiger partial charge on any atom is 0.169 e. The minimum absolute atomic E-state index is 0.0443. The van der Waals surface area contributed by atoms with Crippen LogP contribution in [-0.2, 0) is 6.54 Å². The number of thiocarbonyl (C=S) groups is 1. The molecule has 0 spiro atoms. The number of piperazine rings is 1. The second-order valence-electron chi connectivity index (χ2n) is 7.19. The van der Waals surface area contributed by atoms with Gasteiger partial charge in [-0.3, -0.25) is 0 Å². The smallest absolute Gasteiger partial charge is 0.169 e. The first-order chi connectivity index (χ1) is 15.0. The molecule has 0 aliphatic carbocycles. The van der Waals surface area contributed by atoms with Crippen molar-refractivity contribution in [1.82, 2.24) is 20.2 Å². The number of benzene rings is 2. The van der Waals surface area contributed by atoms with Crippen LogP contribution in [0.5, 0.6) is 23.0 Å². The van der Waals surface area contributed by atoms with Gasteiger partial charge < -0.3 is 35.2 Å². The van der Waals surface area contributed by atoms with Crippen molar-refractivity contribution in [2.75, 3.05) is 38.2 Å². The fourth-order valence-electron chi connectivity index (χ4n) is 3.56. The summed E-state index contributed by atoms with van der Waals surface area (Å²) in [7, 11) is 1.51. The van der Waals surface area contributed by atoms with Gasteiger partial charge in [-0.2, -0.15) is 0 Å². The Balaban J connectivity index is 1.40. The first-order valence-corrected chi connectivity index (χ1v) is 10.2. The Morgan fingerprint density at radius 3 is 2.52 bits per heavy atom. The van der Waals surface area contributed by atoms with E-state index < -0.39 is 0 Å². The molecule has 1 aromatic heterocycles. The Hall–Kier alpha value is -3.53. The molecule has 2 aromatic carbocycles. The van der Waals surface area contributed by atoms with Gasteiger partial charge in [-0.05, 0) is 36.0 Å². The number of nitrogens with one attached hydrogen (secondary N) is 1. The molecule has 4 rings (SSSR count). The molecule has 1 saturated heterocycles. The lowest BCUT2D eigenvalue weighted by molar-refractivity contribution is 0.374. The van der Waals surface area contributed by atoms with Crippen LogP contribution in [0.1, 0.15) is 5.56 Å². The number of aromatic hydroxyl groups is 3. The number of nitrogens with zero attached hydrogens (tertiary/aromatic N) is 4. The third kappa shape index (κ3) is 4.33. The lowest BCUT2D eigenvalue weighted by Gasteiger charge is -2.37. The lowest BCUT2D eigenvalue weighted by Crippen LogP contribution is -2.51. The molecule has 9 nitrogen and oxygen atoms in total. The van der Waals surface area contributed by atoms with E-state index in [0.717, 1.165) is 29.9 Å². The summed E-state index contributed by atoms with van der Waals surface area (Å²) in [5.41, 5.74) is 1.47. The second kappa shape index (κ2) is 8.68. The minimum Gasteiger partial charge on any atom is -0.504 e. The molecule has 0 bridgehead atoms. The van der Waals surface area contributed by atoms with Crippen LogP contribution in [0.3, 0.4) is 0 Å². The zero-order valence-corrected chi connectivity index (χ0v) is 17.8. The van der Waals surface area contributed by atoms with Crippen molar-refractivity contribution in [1.29, 1.82) is 0 Å². The molecular weight excluding hydrogens is 418 g/mol. The van der Waals surface area contributed by atoms with Crippen LogP contribution in [0.4, 0.5) is 5.82 Å². The summed E-state index contributed by atoms with van der Waals surface area (Å²) in [6, 6.07) is 8.03. The summed E-state index contributed by atoms with van der Waals surface area (Å²) < 4.78 is 5.23. The number of rotatable bonds is 4. The molecule has 0 radical (unpaired) electrons. The maximum atomic E-state index is 10.0. The van der Waals surface area contributed by atoms with Crippen LogP contribution >= 0.6 is 12.2 Å². The van der Waals surface area contributed by atoms with Gasteiger partial charge in [0.2, 0.25) is 0 Å². The van der Waals surface area contributed by atoms with Crippen LogP contribution in [0.25, 0.3) is 10.9 Å². The molecule has 0 unspecified atom stereocenters. The van der Waals surface area contributed by atoms with Crippen molar-refractivity contribution >= 4 is 34.1 Å². The number of phenols is 3. The van der Waals surface area contributed by atoms with Crippen LogP contribution in [0.15, 0.2) is 36.7 Å². The number of phenolic OH excluding ortho intramolecular Hbond substituents is 3. The van der Waals surface area contributed by atoms with E-state index in [1.165, 1.54) is 25.6 Å². The van der Waals surface area contributed by atoms with Gasteiger partial charge in [-0.25, -0.2) is 9.97 Å². The summed E-state index contributed by atoms with van der Waals surface area (Å²) in [4.78, 5) is 13.0. The number of hydrogen-bond acceptors (Lipinski definition) is 8. The van der Waals surface area contributed by atoms with Crippen molar-refractivity contribution in [3.8, 4) is 23.0 Å². The third-order valence-electron chi connectivity index (χ3n) is 5.26. The highest BCUT2D eigenvalue weighted by molar-refractivity contribution is 7.80. The van der Waals surface area contributed by atoms with Crippen LogP contribution < -0.4 is 15.0 Å². The number of hydrogen-bond donors (Lipinski definition) is 4. The SMILES string of the molecule is COc1cc2c(N3CCN(C(=S)NCc4ccc(O)c(O)c4)CC3)ncnc2cc1O. The standard InChI is InChI=1S/C21H23N5O4S/c1-30-19-9-14-15(10-18(19)29)23-12-24-20(14)25-4-6-26(7-5-25)21(31)22-11-13-2-3-16(27)17(28)8-13/h2-3,8-10,12,27-29H,4-7,11H2,1H3,(H,22,31). The van der Waals surface area contributed by atoms with E-state index in [1.54, 1.807) is 18.2 Å². The molecule has 3 aromatic rings. The lowest BCUT2D eigenvalue weighted by atomic mass is 10.2. The molecule has 2 heterocycles. The van der Waals surface area contributed by atoms with Gasteiger partial charge in [0, 0.05) is 44.2 Å². The number of fused-ring (bicyclic) bond motifs is 1. The normalized spacial score (nSPS) is 14.0. The van der Waals surface area contributed by atoms with Crippen molar-refractivity contribution in [3.05, 3.63) is 42.2 Å². The monoisotopic (exact) mass is 441 g/mol. The molecule has 162 valence electrons. The predicted molar refractivity (Wildman–Crippen MR) is 121 cm³/mol. The van der Waals surface area contributed by atoms with E-state index in [9.17, 15) is 15.3 Å². The van der Waals surface area contributed by atoms with E-state index in [-0.39, 0.29) is 17.2 Å². The zero-order chi connectivity index (χ0) is 22.0. The molecule has 1 aliphatic rings. The van der Waals surface area contributed by atoms with Gasteiger partial charge in [-0.15, -0.1) is 0 Å². The maximum absolute atomic E-state index is 10.0. The van der Waals surface area contributed by atoms with Crippen molar-refractivity contribution < 1.29 is 20.1 Å². The summed E-state index contributed by atoms with van der Waals surface area (Å²) in [5, 5.41) is 33.7. The Bertz CT molecular complexity index is 1120. The van der Waals surface area contributed by atoms with Crippen molar-refractivity contribution in [2.45, 2.75) is 6.54 Å². The number of anilines is 1. The van der Waals surface area contributed by atoms with Gasteiger partial charge >= 0.3 is 0 Å². The first kappa shape index (κ1) is 20.7. The van der Waals surface area contributed by atoms with E-state index >= 15 is 0 Å². The number of ether oxygens (including phenoxy) is 1. The van der Waals surface area contributed by atoms with Crippen LogP contribution in [0.2, 0.25) is 0 Å². The fourth-order valence-corrected chi connectivity index (χ4v) is 3.82. The zero-order valence-electron chi connectivity index (χ0n) is 16.9. The first-order valence-electron chi connectivity index (χ1n) is 9.76. The van der Waals surface area contributed by atoms with Gasteiger partial charge in [0.25, 0.3) is 0 Å². The average molecular weight is 442 g/mol. The van der Waals surface area contributed by atoms with Crippen LogP contribution in [-0.4, -0.2) is 68.6 Å². The highest BCUT2D eigenvalue weighted by Gasteiger charge is 2.22. The van der Waals surface area contributed by atoms with Crippen LogP contribution in [0, 0.1) is 0 Å². The Morgan fingerprint density at radius 2 is 1.81 bits per heavy atom. The highest BCUT2D eigenvalue weighted by atomic mass is 32.1. The van der Waals surface area contributed by atoms with Crippen molar-refractivity contribution in [2.24, 2.45) is 0 Å². The Kier molecular flexibility index (Phi) is 5.81. The quantitative estimate of drug-likeness (QED) is 0.354. The second-order valence-corrected chi connectivity index (χ2v) is 7.58. The molecule has 0 saturated carbocycles. The number of methoxy groups -OCH3 is 1. The van der Waals surface area contributed by atoms with Gasteiger partial charge in [0.05, 0.1) is 12.6 Å². The molecule has 1 aliphatic heterocycles. The third-order valence-corrected chi connectivity index (χ3v) is 5.67. The highest BCUT2D eigenvalue weighted by Crippen LogP contribution is 2.34. The van der Waals surface area contributed by atoms with E-state index in [0.29, 0.717) is 36.0 Å².